The molecule has 0 saturated carbocycles. The first-order valence-corrected chi connectivity index (χ1v) is 9.57. The first kappa shape index (κ1) is 18.3. The van der Waals surface area contributed by atoms with E-state index in [1.165, 1.54) is 5.56 Å². The third-order valence-electron chi connectivity index (χ3n) is 5.31. The molecule has 0 aliphatic carbocycles. The lowest BCUT2D eigenvalue weighted by molar-refractivity contribution is 0.0697. The molecule has 0 amide bonds. The molecule has 1 saturated heterocycles. The Morgan fingerprint density at radius 1 is 1.14 bits per heavy atom. The number of likely N-dealkylation sites (tertiary alicyclic amines) is 1. The number of nitrogens with zero attached hydrogens (tertiary/aromatic N) is 3. The molecule has 1 fully saturated rings. The van der Waals surface area contributed by atoms with Gasteiger partial charge in [-0.3, -0.25) is 4.90 Å². The van der Waals surface area contributed by atoms with Crippen molar-refractivity contribution in [3.8, 4) is 11.1 Å². The summed E-state index contributed by atoms with van der Waals surface area (Å²) in [6.07, 6.45) is 4.11. The van der Waals surface area contributed by atoms with Crippen molar-refractivity contribution in [2.75, 3.05) is 6.54 Å². The first-order valence-electron chi connectivity index (χ1n) is 9.57. The Morgan fingerprint density at radius 2 is 1.93 bits per heavy atom. The quantitative estimate of drug-likeness (QED) is 0.714. The van der Waals surface area contributed by atoms with Gasteiger partial charge >= 0.3 is 5.97 Å². The highest BCUT2D eigenvalue weighted by molar-refractivity contribution is 5.95. The average Bonchev–Trinajstić information content (AvgIpc) is 3.17. The Labute approximate surface area is 164 Å². The number of aromatic nitrogens is 2. The van der Waals surface area contributed by atoms with E-state index in [0.29, 0.717) is 11.6 Å². The van der Waals surface area contributed by atoms with E-state index >= 15 is 0 Å². The molecule has 1 aliphatic heterocycles. The van der Waals surface area contributed by atoms with Crippen molar-refractivity contribution in [2.24, 2.45) is 0 Å². The summed E-state index contributed by atoms with van der Waals surface area (Å²) in [7, 11) is 0. The summed E-state index contributed by atoms with van der Waals surface area (Å²) >= 11 is 0. The van der Waals surface area contributed by atoms with Crippen LogP contribution in [0.25, 0.3) is 11.1 Å². The number of aromatic carboxylic acids is 1. The lowest BCUT2D eigenvalue weighted by Gasteiger charge is -2.24. The topological polar surface area (TPSA) is 66.3 Å². The van der Waals surface area contributed by atoms with Crippen LogP contribution in [0.3, 0.4) is 0 Å². The van der Waals surface area contributed by atoms with Crippen molar-refractivity contribution >= 4 is 5.97 Å². The van der Waals surface area contributed by atoms with Gasteiger partial charge in [0.25, 0.3) is 0 Å². The van der Waals surface area contributed by atoms with Crippen LogP contribution >= 0.6 is 0 Å². The number of carboxylic acid groups (broad SMARTS) is 1. The highest BCUT2D eigenvalue weighted by Gasteiger charge is 2.27. The fraction of sp³-hybridized carbons (Fsp3) is 0.261. The van der Waals surface area contributed by atoms with Crippen LogP contribution in [0.4, 0.5) is 0 Å². The van der Waals surface area contributed by atoms with Gasteiger partial charge in [-0.25, -0.2) is 14.8 Å². The summed E-state index contributed by atoms with van der Waals surface area (Å²) in [4.78, 5) is 22.8. The highest BCUT2D eigenvalue weighted by atomic mass is 16.4. The summed E-state index contributed by atoms with van der Waals surface area (Å²) < 4.78 is 0. The van der Waals surface area contributed by atoms with E-state index in [-0.39, 0.29) is 0 Å². The number of hydrogen-bond donors (Lipinski definition) is 1. The fourth-order valence-electron chi connectivity index (χ4n) is 3.96. The second-order valence-electron chi connectivity index (χ2n) is 7.20. The zero-order valence-electron chi connectivity index (χ0n) is 15.9. The van der Waals surface area contributed by atoms with Crippen molar-refractivity contribution in [1.29, 1.82) is 0 Å². The number of carboxylic acids is 1. The van der Waals surface area contributed by atoms with Crippen molar-refractivity contribution in [2.45, 2.75) is 32.4 Å². The maximum absolute atomic E-state index is 11.5. The summed E-state index contributed by atoms with van der Waals surface area (Å²) in [6, 6.07) is 17.7. The zero-order valence-corrected chi connectivity index (χ0v) is 15.9. The molecular weight excluding hydrogens is 350 g/mol. The number of aryl methyl sites for hydroxylation is 1. The van der Waals surface area contributed by atoms with Gasteiger partial charge in [0.2, 0.25) is 0 Å². The Morgan fingerprint density at radius 3 is 2.68 bits per heavy atom. The molecule has 0 radical (unpaired) electrons. The lowest BCUT2D eigenvalue weighted by Crippen LogP contribution is -2.23. The molecule has 1 N–H and O–H groups in total. The molecule has 28 heavy (non-hydrogen) atoms. The van der Waals surface area contributed by atoms with E-state index in [1.807, 2.05) is 43.5 Å². The minimum Gasteiger partial charge on any atom is -0.478 e. The minimum atomic E-state index is -0.903. The van der Waals surface area contributed by atoms with Gasteiger partial charge in [-0.2, -0.15) is 0 Å². The van der Waals surface area contributed by atoms with E-state index in [1.54, 1.807) is 12.1 Å². The Hall–Kier alpha value is -3.05. The Balaban J connectivity index is 1.53. The molecule has 0 spiro atoms. The van der Waals surface area contributed by atoms with E-state index in [9.17, 15) is 9.90 Å². The Kier molecular flexibility index (Phi) is 5.17. The van der Waals surface area contributed by atoms with Gasteiger partial charge in [0.1, 0.15) is 5.82 Å². The molecule has 142 valence electrons. The normalized spacial score (nSPS) is 17.0. The first-order chi connectivity index (χ1) is 13.6. The predicted molar refractivity (Wildman–Crippen MR) is 108 cm³/mol. The molecule has 4 rings (SSSR count). The van der Waals surface area contributed by atoms with Crippen LogP contribution in [0.2, 0.25) is 0 Å². The molecule has 2 aromatic carbocycles. The summed E-state index contributed by atoms with van der Waals surface area (Å²) in [5.74, 6) is -0.0921. The SMILES string of the molecule is Cc1nccc([C@@H]2CCCN2Cc2ccc(-c3ccccc3C(=O)O)cc2)n1. The second kappa shape index (κ2) is 7.90. The van der Waals surface area contributed by atoms with E-state index in [4.69, 9.17) is 0 Å². The summed E-state index contributed by atoms with van der Waals surface area (Å²) in [6.45, 7) is 3.84. The molecule has 1 aliphatic rings. The lowest BCUT2D eigenvalue weighted by atomic mass is 9.98. The predicted octanol–water partition coefficient (Wildman–Crippen LogP) is 4.49. The van der Waals surface area contributed by atoms with Crippen molar-refractivity contribution in [3.63, 3.8) is 0 Å². The van der Waals surface area contributed by atoms with Crippen LogP contribution in [0.15, 0.2) is 60.8 Å². The van der Waals surface area contributed by atoms with Gasteiger partial charge in [0.05, 0.1) is 17.3 Å². The number of benzene rings is 2. The van der Waals surface area contributed by atoms with Gasteiger partial charge in [0, 0.05) is 12.7 Å². The standard InChI is InChI=1S/C23H23N3O2/c1-16-24-13-12-21(25-16)22-7-4-14-26(22)15-17-8-10-18(11-9-17)19-5-2-3-6-20(19)23(27)28/h2-3,5-6,8-13,22H,4,7,14-15H2,1H3,(H,27,28)/t22-/m0/s1. The van der Waals surface area contributed by atoms with Gasteiger partial charge < -0.3 is 5.11 Å². The van der Waals surface area contributed by atoms with Gasteiger partial charge in [-0.1, -0.05) is 42.5 Å². The maximum atomic E-state index is 11.5. The molecule has 3 aromatic rings. The fourth-order valence-corrected chi connectivity index (χ4v) is 3.96. The third kappa shape index (κ3) is 3.80. The van der Waals surface area contributed by atoms with Crippen LogP contribution in [0, 0.1) is 6.92 Å². The molecule has 2 heterocycles. The largest absolute Gasteiger partial charge is 0.478 e. The molecule has 1 aromatic heterocycles. The highest BCUT2D eigenvalue weighted by Crippen LogP contribution is 2.32. The van der Waals surface area contributed by atoms with Crippen LogP contribution < -0.4 is 0 Å². The van der Waals surface area contributed by atoms with Crippen molar-refractivity contribution < 1.29 is 9.90 Å². The smallest absolute Gasteiger partial charge is 0.336 e. The molecule has 5 nitrogen and oxygen atoms in total. The van der Waals surface area contributed by atoms with Crippen molar-refractivity contribution in [3.05, 3.63) is 83.4 Å². The molecule has 0 bridgehead atoms. The maximum Gasteiger partial charge on any atom is 0.336 e. The van der Waals surface area contributed by atoms with E-state index < -0.39 is 5.97 Å². The van der Waals surface area contributed by atoms with Crippen LogP contribution in [-0.4, -0.2) is 32.5 Å². The number of hydrogen-bond acceptors (Lipinski definition) is 4. The van der Waals surface area contributed by atoms with Gasteiger partial charge in [-0.15, -0.1) is 0 Å². The summed E-state index contributed by atoms with van der Waals surface area (Å²) in [5, 5.41) is 9.41. The molecule has 5 heteroatoms. The molecule has 1 atom stereocenters. The third-order valence-corrected chi connectivity index (χ3v) is 5.31. The zero-order chi connectivity index (χ0) is 19.5. The minimum absolute atomic E-state index is 0.328. The monoisotopic (exact) mass is 373 g/mol. The van der Waals surface area contributed by atoms with Crippen molar-refractivity contribution in [1.82, 2.24) is 14.9 Å². The van der Waals surface area contributed by atoms with E-state index in [2.05, 4.69) is 27.0 Å². The summed E-state index contributed by atoms with van der Waals surface area (Å²) in [5.41, 5.74) is 4.31. The van der Waals surface area contributed by atoms with Crippen LogP contribution in [0.1, 0.15) is 46.3 Å². The van der Waals surface area contributed by atoms with Gasteiger partial charge in [-0.05, 0) is 55.1 Å². The molecule has 0 unspecified atom stereocenters. The average molecular weight is 373 g/mol. The molecular formula is C23H23N3O2. The second-order valence-corrected chi connectivity index (χ2v) is 7.20. The van der Waals surface area contributed by atoms with E-state index in [0.717, 1.165) is 48.6 Å². The van der Waals surface area contributed by atoms with Crippen LogP contribution in [-0.2, 0) is 6.54 Å². The van der Waals surface area contributed by atoms with Gasteiger partial charge in [0.15, 0.2) is 0 Å². The van der Waals surface area contributed by atoms with Crippen LogP contribution in [0.5, 0.6) is 0 Å². The number of carbonyl (C=O) groups is 1. The Bertz CT molecular complexity index is 985. The number of rotatable bonds is 5.